The molecule has 1 saturated heterocycles. The van der Waals surface area contributed by atoms with E-state index < -0.39 is 9.84 Å². The highest BCUT2D eigenvalue weighted by molar-refractivity contribution is 7.91. The fraction of sp³-hybridized carbons (Fsp3) is 0.571. The molecule has 1 fully saturated rings. The summed E-state index contributed by atoms with van der Waals surface area (Å²) in [7, 11) is -2.87. The van der Waals surface area contributed by atoms with Crippen LogP contribution in [0.1, 0.15) is 30.4 Å². The van der Waals surface area contributed by atoms with Crippen molar-refractivity contribution in [1.29, 1.82) is 0 Å². The first-order valence-corrected chi connectivity index (χ1v) is 9.46. The maximum atomic E-state index is 11.6. The lowest BCUT2D eigenvalue weighted by Gasteiger charge is -2.25. The van der Waals surface area contributed by atoms with Crippen molar-refractivity contribution < 1.29 is 8.42 Å². The molecule has 0 bridgehead atoms. The second-order valence-electron chi connectivity index (χ2n) is 5.52. The number of hydrogen-bond donors (Lipinski definition) is 0. The number of rotatable bonds is 3. The van der Waals surface area contributed by atoms with Crippen molar-refractivity contribution in [1.82, 2.24) is 14.5 Å². The third-order valence-corrected chi connectivity index (χ3v) is 5.86. The van der Waals surface area contributed by atoms with E-state index in [-0.39, 0.29) is 17.5 Å². The molecule has 0 N–H and O–H groups in total. The highest BCUT2D eigenvalue weighted by atomic mass is 35.5. The van der Waals surface area contributed by atoms with E-state index in [0.29, 0.717) is 25.1 Å². The number of aryl methyl sites for hydroxylation is 2. The van der Waals surface area contributed by atoms with E-state index in [9.17, 15) is 8.42 Å². The number of nitrogens with zero attached hydrogens (tertiary/aromatic N) is 3. The van der Waals surface area contributed by atoms with Crippen LogP contribution in [0.5, 0.6) is 0 Å². The molecule has 2 aromatic heterocycles. The molecule has 0 amide bonds. The Morgan fingerprint density at radius 3 is 2.67 bits per heavy atom. The second-order valence-corrected chi connectivity index (χ2v) is 8.20. The molecule has 0 unspecified atom stereocenters. The van der Waals surface area contributed by atoms with Crippen molar-refractivity contribution in [2.24, 2.45) is 0 Å². The van der Waals surface area contributed by atoms with Gasteiger partial charge >= 0.3 is 0 Å². The largest absolute Gasteiger partial charge is 0.309 e. The molecule has 1 aliphatic heterocycles. The lowest BCUT2D eigenvalue weighted by Crippen LogP contribution is -2.26. The lowest BCUT2D eigenvalue weighted by atomic mass is 10.1. The van der Waals surface area contributed by atoms with Crippen LogP contribution in [-0.4, -0.2) is 40.3 Å². The van der Waals surface area contributed by atoms with E-state index in [1.807, 2.05) is 19.1 Å². The van der Waals surface area contributed by atoms with Crippen molar-refractivity contribution in [3.05, 3.63) is 23.7 Å². The summed E-state index contributed by atoms with van der Waals surface area (Å²) in [6, 6.07) is 4.05. The predicted molar refractivity (Wildman–Crippen MR) is 83.6 cm³/mol. The third-order valence-electron chi connectivity index (χ3n) is 3.96. The molecule has 0 spiro atoms. The van der Waals surface area contributed by atoms with Crippen LogP contribution >= 0.6 is 11.6 Å². The molecular weight excluding hydrogens is 310 g/mol. The molecule has 7 heteroatoms. The summed E-state index contributed by atoms with van der Waals surface area (Å²) in [6.07, 6.45) is 1.91. The van der Waals surface area contributed by atoms with E-state index in [4.69, 9.17) is 11.6 Å². The van der Waals surface area contributed by atoms with Crippen molar-refractivity contribution in [2.75, 3.05) is 17.4 Å². The van der Waals surface area contributed by atoms with Crippen molar-refractivity contribution in [3.8, 4) is 0 Å². The zero-order chi connectivity index (χ0) is 15.0. The quantitative estimate of drug-likeness (QED) is 0.811. The maximum absolute atomic E-state index is 11.6. The highest BCUT2D eigenvalue weighted by Crippen LogP contribution is 2.29. The van der Waals surface area contributed by atoms with Crippen LogP contribution in [0, 0.1) is 6.92 Å². The molecular formula is C14H18ClN3O2S. The lowest BCUT2D eigenvalue weighted by molar-refractivity contribution is 0.445. The number of imidazole rings is 1. The number of hydrogen-bond acceptors (Lipinski definition) is 4. The fourth-order valence-corrected chi connectivity index (χ4v) is 4.53. The van der Waals surface area contributed by atoms with Gasteiger partial charge in [-0.1, -0.05) is 0 Å². The molecule has 3 rings (SSSR count). The van der Waals surface area contributed by atoms with Gasteiger partial charge in [-0.2, -0.15) is 0 Å². The summed E-state index contributed by atoms with van der Waals surface area (Å²) in [5.74, 6) is 1.88. The van der Waals surface area contributed by atoms with Crippen LogP contribution in [0.15, 0.2) is 12.1 Å². The molecule has 1 aliphatic rings. The number of alkyl halides is 1. The molecule has 0 saturated carbocycles. The van der Waals surface area contributed by atoms with Crippen molar-refractivity contribution >= 4 is 32.6 Å². The maximum Gasteiger partial charge on any atom is 0.160 e. The van der Waals surface area contributed by atoms with E-state index in [0.717, 1.165) is 22.7 Å². The fourth-order valence-electron chi connectivity index (χ4n) is 2.90. The summed E-state index contributed by atoms with van der Waals surface area (Å²) >= 11 is 5.88. The zero-order valence-corrected chi connectivity index (χ0v) is 13.5. The van der Waals surface area contributed by atoms with Crippen LogP contribution in [-0.2, 0) is 16.3 Å². The van der Waals surface area contributed by atoms with Crippen LogP contribution < -0.4 is 0 Å². The van der Waals surface area contributed by atoms with Gasteiger partial charge in [-0.3, -0.25) is 0 Å². The summed E-state index contributed by atoms with van der Waals surface area (Å²) in [5, 5.41) is 0. The molecule has 114 valence electrons. The molecule has 2 aromatic rings. The number of fused-ring (bicyclic) bond motifs is 1. The Hall–Kier alpha value is -1.14. The Labute approximate surface area is 129 Å². The summed E-state index contributed by atoms with van der Waals surface area (Å²) in [4.78, 5) is 9.22. The van der Waals surface area contributed by atoms with Gasteiger partial charge in [-0.15, -0.1) is 11.6 Å². The zero-order valence-electron chi connectivity index (χ0n) is 11.9. The molecule has 0 radical (unpaired) electrons. The molecule has 21 heavy (non-hydrogen) atoms. The third kappa shape index (κ3) is 2.92. The van der Waals surface area contributed by atoms with Gasteiger partial charge in [0.05, 0.1) is 11.5 Å². The van der Waals surface area contributed by atoms with E-state index in [1.165, 1.54) is 0 Å². The Balaban J connectivity index is 2.06. The Bertz CT molecular complexity index is 756. The Kier molecular flexibility index (Phi) is 3.92. The van der Waals surface area contributed by atoms with Gasteiger partial charge in [-0.05, 0) is 31.9 Å². The number of pyridine rings is 1. The first kappa shape index (κ1) is 14.8. The van der Waals surface area contributed by atoms with E-state index in [2.05, 4.69) is 14.5 Å². The summed E-state index contributed by atoms with van der Waals surface area (Å²) < 4.78 is 25.4. The summed E-state index contributed by atoms with van der Waals surface area (Å²) in [5.41, 5.74) is 2.64. The minimum absolute atomic E-state index is 0.144. The molecule has 0 aliphatic carbocycles. The standard InChI is InChI=1S/C14H18ClN3O2S/c1-10-2-3-12-14(16-10)18(13(17-12)4-7-15)11-5-8-21(19,20)9-6-11/h2-3,11H,4-9H2,1H3. The van der Waals surface area contributed by atoms with Crippen molar-refractivity contribution in [3.63, 3.8) is 0 Å². The average Bonchev–Trinajstić information content (AvgIpc) is 2.77. The predicted octanol–water partition coefficient (Wildman–Crippen LogP) is 2.27. The Morgan fingerprint density at radius 1 is 1.29 bits per heavy atom. The van der Waals surface area contributed by atoms with Crippen LogP contribution in [0.25, 0.3) is 11.2 Å². The van der Waals surface area contributed by atoms with Gasteiger partial charge in [-0.25, -0.2) is 18.4 Å². The first-order chi connectivity index (χ1) is 10.00. The van der Waals surface area contributed by atoms with Gasteiger partial charge in [0.1, 0.15) is 21.2 Å². The Morgan fingerprint density at radius 2 is 2.00 bits per heavy atom. The van der Waals surface area contributed by atoms with Gasteiger partial charge in [0.15, 0.2) is 5.65 Å². The SMILES string of the molecule is Cc1ccc2nc(CCCl)n(C3CCS(=O)(=O)CC3)c2n1. The normalized spacial score (nSPS) is 19.1. The van der Waals surface area contributed by atoms with Gasteiger partial charge in [0, 0.05) is 24.0 Å². The minimum atomic E-state index is -2.87. The van der Waals surface area contributed by atoms with Gasteiger partial charge < -0.3 is 4.57 Å². The average molecular weight is 328 g/mol. The minimum Gasteiger partial charge on any atom is -0.309 e. The van der Waals surface area contributed by atoms with E-state index in [1.54, 1.807) is 0 Å². The number of halogens is 1. The van der Waals surface area contributed by atoms with Crippen LogP contribution in [0.2, 0.25) is 0 Å². The van der Waals surface area contributed by atoms with E-state index >= 15 is 0 Å². The van der Waals surface area contributed by atoms with Gasteiger partial charge in [0.25, 0.3) is 0 Å². The van der Waals surface area contributed by atoms with Crippen LogP contribution in [0.4, 0.5) is 0 Å². The molecule has 3 heterocycles. The highest BCUT2D eigenvalue weighted by Gasteiger charge is 2.28. The second kappa shape index (κ2) is 5.57. The molecule has 5 nitrogen and oxygen atoms in total. The van der Waals surface area contributed by atoms with Crippen molar-refractivity contribution in [2.45, 2.75) is 32.2 Å². The van der Waals surface area contributed by atoms with Gasteiger partial charge in [0.2, 0.25) is 0 Å². The summed E-state index contributed by atoms with van der Waals surface area (Å²) in [6.45, 7) is 1.95. The first-order valence-electron chi connectivity index (χ1n) is 7.11. The van der Waals surface area contributed by atoms with Crippen LogP contribution in [0.3, 0.4) is 0 Å². The monoisotopic (exact) mass is 327 g/mol. The number of sulfone groups is 1. The topological polar surface area (TPSA) is 64.8 Å². The number of aromatic nitrogens is 3. The smallest absolute Gasteiger partial charge is 0.160 e. The molecule has 0 atom stereocenters. The molecule has 0 aromatic carbocycles.